The first-order valence-corrected chi connectivity index (χ1v) is 12.3. The number of nitrogens with zero attached hydrogens (tertiary/aromatic N) is 1. The third-order valence-electron chi connectivity index (χ3n) is 6.57. The first-order chi connectivity index (χ1) is 14.3. The number of piperidine rings is 1. The molecule has 1 heterocycles. The van der Waals surface area contributed by atoms with Crippen molar-refractivity contribution in [3.63, 3.8) is 0 Å². The average Bonchev–Trinajstić information content (AvgIpc) is 3.25. The smallest absolute Gasteiger partial charge is 0.233 e. The second-order valence-electron chi connectivity index (χ2n) is 8.29. The number of rotatable bonds is 4. The molecule has 0 bridgehead atoms. The summed E-state index contributed by atoms with van der Waals surface area (Å²) in [6.45, 7) is 0.832. The van der Waals surface area contributed by atoms with Crippen LogP contribution in [0.1, 0.15) is 44.1 Å². The Morgan fingerprint density at radius 3 is 2.10 bits per heavy atom. The molecule has 0 radical (unpaired) electrons. The van der Waals surface area contributed by atoms with Crippen LogP contribution < -0.4 is 0 Å². The Morgan fingerprint density at radius 1 is 0.967 bits per heavy atom. The lowest BCUT2D eigenvalue weighted by molar-refractivity contribution is -0.138. The summed E-state index contributed by atoms with van der Waals surface area (Å²) in [7, 11) is -3.54. The Labute approximate surface area is 182 Å². The average molecular weight is 450 g/mol. The van der Waals surface area contributed by atoms with E-state index >= 15 is 0 Å². The molecule has 0 atom stereocenters. The molecule has 2 aromatic carbocycles. The molecule has 0 N–H and O–H groups in total. The van der Waals surface area contributed by atoms with Crippen molar-refractivity contribution in [3.05, 3.63) is 64.9 Å². The van der Waals surface area contributed by atoms with Crippen LogP contribution in [0.3, 0.4) is 0 Å². The minimum atomic E-state index is -3.54. The Hall–Kier alpha value is -1.92. The summed E-state index contributed by atoms with van der Waals surface area (Å²) in [5.74, 6) is -0.363. The van der Waals surface area contributed by atoms with Gasteiger partial charge >= 0.3 is 0 Å². The zero-order valence-electron chi connectivity index (χ0n) is 16.7. The molecule has 1 aliphatic heterocycles. The lowest BCUT2D eigenvalue weighted by Gasteiger charge is -2.38. The number of hydrogen-bond acceptors (Lipinski definition) is 3. The van der Waals surface area contributed by atoms with Gasteiger partial charge in [-0.25, -0.2) is 12.8 Å². The van der Waals surface area contributed by atoms with E-state index in [1.54, 1.807) is 0 Å². The predicted octanol–water partition coefficient (Wildman–Crippen LogP) is 4.76. The summed E-state index contributed by atoms with van der Waals surface area (Å²) in [6.07, 6.45) is 4.40. The van der Waals surface area contributed by atoms with Gasteiger partial charge in [0.1, 0.15) is 5.82 Å². The number of likely N-dealkylation sites (tertiary alicyclic amines) is 1. The van der Waals surface area contributed by atoms with Crippen molar-refractivity contribution in [1.29, 1.82) is 0 Å². The Morgan fingerprint density at radius 2 is 1.53 bits per heavy atom. The Bertz CT molecular complexity index is 1010. The van der Waals surface area contributed by atoms with E-state index < -0.39 is 26.3 Å². The lowest BCUT2D eigenvalue weighted by atomic mass is 9.77. The largest absolute Gasteiger partial charge is 0.342 e. The van der Waals surface area contributed by atoms with Gasteiger partial charge in [-0.2, -0.15) is 0 Å². The topological polar surface area (TPSA) is 54.5 Å². The quantitative estimate of drug-likeness (QED) is 0.632. The summed E-state index contributed by atoms with van der Waals surface area (Å²) >= 11 is 6.04. The summed E-state index contributed by atoms with van der Waals surface area (Å²) in [4.78, 5) is 15.5. The lowest BCUT2D eigenvalue weighted by Crippen LogP contribution is -2.50. The van der Waals surface area contributed by atoms with Gasteiger partial charge in [-0.3, -0.25) is 4.79 Å². The molecular formula is C23H25ClFNO3S. The molecule has 0 spiro atoms. The molecule has 0 aromatic heterocycles. The highest BCUT2D eigenvalue weighted by Gasteiger charge is 2.46. The number of hydrogen-bond donors (Lipinski definition) is 0. The fourth-order valence-electron chi connectivity index (χ4n) is 4.86. The Kier molecular flexibility index (Phi) is 5.90. The number of amides is 1. The van der Waals surface area contributed by atoms with Crippen LogP contribution in [0.15, 0.2) is 53.4 Å². The van der Waals surface area contributed by atoms with Gasteiger partial charge in [0.25, 0.3) is 0 Å². The molecule has 30 heavy (non-hydrogen) atoms. The number of halogens is 2. The summed E-state index contributed by atoms with van der Waals surface area (Å²) in [6, 6.07) is 12.5. The molecule has 1 saturated carbocycles. The van der Waals surface area contributed by atoms with Crippen LogP contribution in [0, 0.1) is 5.82 Å². The number of benzene rings is 2. The van der Waals surface area contributed by atoms with Crippen molar-refractivity contribution in [2.45, 2.75) is 54.1 Å². The molecule has 160 valence electrons. The second kappa shape index (κ2) is 8.31. The van der Waals surface area contributed by atoms with E-state index in [1.807, 2.05) is 29.2 Å². The second-order valence-corrected chi connectivity index (χ2v) is 11.0. The van der Waals surface area contributed by atoms with Crippen LogP contribution in [0.5, 0.6) is 0 Å². The van der Waals surface area contributed by atoms with Crippen molar-refractivity contribution >= 4 is 27.3 Å². The van der Waals surface area contributed by atoms with Crippen molar-refractivity contribution in [2.24, 2.45) is 0 Å². The molecule has 4 nitrogen and oxygen atoms in total. The molecule has 2 aliphatic rings. The molecule has 4 rings (SSSR count). The minimum absolute atomic E-state index is 0.0972. The van der Waals surface area contributed by atoms with Crippen LogP contribution >= 0.6 is 11.6 Å². The highest BCUT2D eigenvalue weighted by Crippen LogP contribution is 2.43. The highest BCUT2D eigenvalue weighted by molar-refractivity contribution is 7.92. The molecule has 2 aromatic rings. The number of sulfone groups is 1. The van der Waals surface area contributed by atoms with Crippen molar-refractivity contribution in [1.82, 2.24) is 4.90 Å². The van der Waals surface area contributed by atoms with Gasteiger partial charge in [0.15, 0.2) is 9.84 Å². The molecule has 1 aliphatic carbocycles. The van der Waals surface area contributed by atoms with Gasteiger partial charge in [-0.15, -0.1) is 0 Å². The minimum Gasteiger partial charge on any atom is -0.342 e. The van der Waals surface area contributed by atoms with Crippen LogP contribution in [-0.4, -0.2) is 37.6 Å². The summed E-state index contributed by atoms with van der Waals surface area (Å²) in [5.41, 5.74) is 0.461. The zero-order chi connectivity index (χ0) is 21.4. The van der Waals surface area contributed by atoms with E-state index in [0.29, 0.717) is 31.0 Å². The van der Waals surface area contributed by atoms with E-state index in [1.165, 1.54) is 24.3 Å². The number of carbonyl (C=O) groups excluding carboxylic acids is 1. The number of carbonyl (C=O) groups is 1. The van der Waals surface area contributed by atoms with Crippen molar-refractivity contribution in [2.75, 3.05) is 13.1 Å². The van der Waals surface area contributed by atoms with Crippen LogP contribution in [0.25, 0.3) is 0 Å². The van der Waals surface area contributed by atoms with Crippen molar-refractivity contribution in [3.8, 4) is 0 Å². The SMILES string of the molecule is O=C(N1CCC(S(=O)(=O)c2ccc(F)cc2)CC1)C1(c2ccc(Cl)cc2)CCCC1. The maximum absolute atomic E-state index is 13.6. The molecular weight excluding hydrogens is 425 g/mol. The highest BCUT2D eigenvalue weighted by atomic mass is 35.5. The Balaban J connectivity index is 1.49. The van der Waals surface area contributed by atoms with Gasteiger partial charge in [0.2, 0.25) is 5.91 Å². The van der Waals surface area contributed by atoms with Gasteiger partial charge in [-0.05, 0) is 67.6 Å². The van der Waals surface area contributed by atoms with Crippen LogP contribution in [0.2, 0.25) is 5.02 Å². The van der Waals surface area contributed by atoms with E-state index in [2.05, 4.69) is 0 Å². The van der Waals surface area contributed by atoms with E-state index in [4.69, 9.17) is 11.6 Å². The summed E-state index contributed by atoms with van der Waals surface area (Å²) in [5, 5.41) is 0.0910. The van der Waals surface area contributed by atoms with Gasteiger partial charge in [0, 0.05) is 18.1 Å². The molecule has 1 amide bonds. The third kappa shape index (κ3) is 3.87. The van der Waals surface area contributed by atoms with Crippen molar-refractivity contribution < 1.29 is 17.6 Å². The molecule has 7 heteroatoms. The first-order valence-electron chi connectivity index (χ1n) is 10.4. The third-order valence-corrected chi connectivity index (χ3v) is 9.10. The molecule has 2 fully saturated rings. The standard InChI is InChI=1S/C23H25ClFNO3S/c24-18-5-3-17(4-6-18)23(13-1-2-14-23)22(27)26-15-11-21(12-16-26)30(28,29)20-9-7-19(25)8-10-20/h3-10,21H,1-2,11-16H2. The van der Waals surface area contributed by atoms with Gasteiger partial charge in [0.05, 0.1) is 15.6 Å². The normalized spacial score (nSPS) is 19.7. The van der Waals surface area contributed by atoms with Crippen LogP contribution in [0.4, 0.5) is 4.39 Å². The molecule has 1 saturated heterocycles. The van der Waals surface area contributed by atoms with Gasteiger partial charge < -0.3 is 4.90 Å². The summed E-state index contributed by atoms with van der Waals surface area (Å²) < 4.78 is 39.0. The first kappa shape index (κ1) is 21.3. The fraction of sp³-hybridized carbons (Fsp3) is 0.435. The van der Waals surface area contributed by atoms with E-state index in [9.17, 15) is 17.6 Å². The van der Waals surface area contributed by atoms with E-state index in [0.717, 1.165) is 31.2 Å². The monoisotopic (exact) mass is 449 g/mol. The van der Waals surface area contributed by atoms with Crippen LogP contribution in [-0.2, 0) is 20.0 Å². The fourth-order valence-corrected chi connectivity index (χ4v) is 6.72. The maximum atomic E-state index is 13.6. The molecule has 0 unspecified atom stereocenters. The van der Waals surface area contributed by atoms with E-state index in [-0.39, 0.29) is 10.8 Å². The zero-order valence-corrected chi connectivity index (χ0v) is 18.3. The maximum Gasteiger partial charge on any atom is 0.233 e. The predicted molar refractivity (Wildman–Crippen MR) is 115 cm³/mol. The van der Waals surface area contributed by atoms with Gasteiger partial charge in [-0.1, -0.05) is 36.6 Å².